The van der Waals surface area contributed by atoms with E-state index >= 15 is 0 Å². The van der Waals surface area contributed by atoms with Gasteiger partial charge in [0.05, 0.1) is 29.5 Å². The number of methoxy groups -OCH3 is 1. The van der Waals surface area contributed by atoms with Gasteiger partial charge in [-0.15, -0.1) is 0 Å². The van der Waals surface area contributed by atoms with Crippen molar-refractivity contribution >= 4 is 27.7 Å². The van der Waals surface area contributed by atoms with Gasteiger partial charge < -0.3 is 14.1 Å². The van der Waals surface area contributed by atoms with Crippen molar-refractivity contribution in [2.45, 2.75) is 17.2 Å². The Labute approximate surface area is 186 Å². The molecule has 1 atom stereocenters. The second-order valence-electron chi connectivity index (χ2n) is 7.90. The van der Waals surface area contributed by atoms with E-state index in [1.165, 1.54) is 16.8 Å². The molecule has 1 amide bonds. The third-order valence-corrected chi connectivity index (χ3v) is 7.90. The second kappa shape index (κ2) is 7.56. The van der Waals surface area contributed by atoms with Crippen LogP contribution in [0.2, 0.25) is 0 Å². The van der Waals surface area contributed by atoms with Crippen LogP contribution in [0.3, 0.4) is 0 Å². The van der Waals surface area contributed by atoms with Crippen LogP contribution in [0.25, 0.3) is 6.08 Å². The predicted octanol–water partition coefficient (Wildman–Crippen LogP) is 4.10. The zero-order chi connectivity index (χ0) is 22.5. The summed E-state index contributed by atoms with van der Waals surface area (Å²) in [4.78, 5) is 14.6. The van der Waals surface area contributed by atoms with Gasteiger partial charge in [-0.25, -0.2) is 8.42 Å². The van der Waals surface area contributed by atoms with Crippen LogP contribution in [0.5, 0.6) is 5.75 Å². The van der Waals surface area contributed by atoms with E-state index in [2.05, 4.69) is 0 Å². The number of ether oxygens (including phenoxy) is 1. The fourth-order valence-corrected chi connectivity index (χ4v) is 5.98. The smallest absolute Gasteiger partial charge is 0.264 e. The Morgan fingerprint density at radius 3 is 2.62 bits per heavy atom. The van der Waals surface area contributed by atoms with Gasteiger partial charge in [-0.3, -0.25) is 9.10 Å². The SMILES string of the molecule is COc1ccc(S(=O)(=O)N2CC3CC(N(C)C(=O)c4ccoc4)=Cc4cccc2c43)cc1. The van der Waals surface area contributed by atoms with Gasteiger partial charge in [0.15, 0.2) is 0 Å². The summed E-state index contributed by atoms with van der Waals surface area (Å²) in [5, 5.41) is 0. The zero-order valence-electron chi connectivity index (χ0n) is 17.7. The van der Waals surface area contributed by atoms with E-state index in [4.69, 9.17) is 9.15 Å². The Balaban J connectivity index is 1.48. The minimum atomic E-state index is -3.74. The molecule has 32 heavy (non-hydrogen) atoms. The summed E-state index contributed by atoms with van der Waals surface area (Å²) in [5.74, 6) is 0.405. The Kier molecular flexibility index (Phi) is 4.82. The first-order valence-electron chi connectivity index (χ1n) is 10.2. The van der Waals surface area contributed by atoms with Crippen molar-refractivity contribution in [2.75, 3.05) is 25.0 Å². The van der Waals surface area contributed by atoms with Gasteiger partial charge in [0.1, 0.15) is 12.0 Å². The largest absolute Gasteiger partial charge is 0.497 e. The van der Waals surface area contributed by atoms with Crippen molar-refractivity contribution in [2.24, 2.45) is 0 Å². The molecule has 2 aromatic carbocycles. The molecule has 2 aliphatic rings. The lowest BCUT2D eigenvalue weighted by atomic mass is 9.86. The second-order valence-corrected chi connectivity index (χ2v) is 9.77. The van der Waals surface area contributed by atoms with Gasteiger partial charge in [0.25, 0.3) is 15.9 Å². The molecule has 3 aromatic rings. The van der Waals surface area contributed by atoms with Crippen LogP contribution in [-0.4, -0.2) is 39.9 Å². The van der Waals surface area contributed by atoms with E-state index in [0.29, 0.717) is 30.0 Å². The number of amides is 1. The lowest BCUT2D eigenvalue weighted by molar-refractivity contribution is 0.0831. The van der Waals surface area contributed by atoms with Crippen LogP contribution < -0.4 is 9.04 Å². The summed E-state index contributed by atoms with van der Waals surface area (Å²) in [6.45, 7) is 0.325. The molecule has 1 aliphatic heterocycles. The van der Waals surface area contributed by atoms with E-state index in [-0.39, 0.29) is 16.7 Å². The molecule has 7 nitrogen and oxygen atoms in total. The van der Waals surface area contributed by atoms with E-state index in [9.17, 15) is 13.2 Å². The molecule has 0 radical (unpaired) electrons. The third-order valence-electron chi connectivity index (χ3n) is 6.11. The maximum atomic E-state index is 13.5. The number of carbonyl (C=O) groups is 1. The first-order chi connectivity index (χ1) is 15.4. The molecule has 0 fully saturated rings. The van der Waals surface area contributed by atoms with Gasteiger partial charge >= 0.3 is 0 Å². The Morgan fingerprint density at radius 1 is 1.16 bits per heavy atom. The molecule has 1 aliphatic carbocycles. The summed E-state index contributed by atoms with van der Waals surface area (Å²) in [7, 11) is -0.462. The number of rotatable bonds is 5. The summed E-state index contributed by atoms with van der Waals surface area (Å²) < 4.78 is 38.6. The predicted molar refractivity (Wildman–Crippen MR) is 120 cm³/mol. The normalized spacial score (nSPS) is 17.0. The van der Waals surface area contributed by atoms with Crippen LogP contribution in [0.1, 0.15) is 33.8 Å². The van der Waals surface area contributed by atoms with E-state index < -0.39 is 10.0 Å². The molecule has 0 saturated heterocycles. The molecule has 0 spiro atoms. The quantitative estimate of drug-likeness (QED) is 0.585. The lowest BCUT2D eigenvalue weighted by Gasteiger charge is -2.27. The number of carbonyl (C=O) groups excluding carboxylic acids is 1. The zero-order valence-corrected chi connectivity index (χ0v) is 18.5. The first-order valence-corrected chi connectivity index (χ1v) is 11.6. The number of benzene rings is 2. The Morgan fingerprint density at radius 2 is 1.94 bits per heavy atom. The number of sulfonamides is 1. The van der Waals surface area contributed by atoms with Crippen molar-refractivity contribution in [1.29, 1.82) is 0 Å². The third kappa shape index (κ3) is 3.18. The molecular weight excluding hydrogens is 428 g/mol. The highest BCUT2D eigenvalue weighted by Gasteiger charge is 2.40. The molecule has 0 saturated carbocycles. The van der Waals surface area contributed by atoms with Crippen LogP contribution in [-0.2, 0) is 10.0 Å². The summed E-state index contributed by atoms with van der Waals surface area (Å²) in [6.07, 6.45) is 5.43. The van der Waals surface area contributed by atoms with E-state index in [0.717, 1.165) is 16.8 Å². The number of allylic oxidation sites excluding steroid dienone is 1. The van der Waals surface area contributed by atoms with Crippen molar-refractivity contribution in [3.05, 3.63) is 83.4 Å². The van der Waals surface area contributed by atoms with Crippen molar-refractivity contribution < 1.29 is 22.4 Å². The molecule has 1 unspecified atom stereocenters. The highest BCUT2D eigenvalue weighted by atomic mass is 32.2. The monoisotopic (exact) mass is 450 g/mol. The highest BCUT2D eigenvalue weighted by molar-refractivity contribution is 7.92. The number of hydrogen-bond acceptors (Lipinski definition) is 5. The number of anilines is 1. The highest BCUT2D eigenvalue weighted by Crippen LogP contribution is 2.47. The average Bonchev–Trinajstić information content (AvgIpc) is 3.48. The molecule has 8 heteroatoms. The minimum absolute atomic E-state index is 0.0335. The number of nitrogens with zero attached hydrogens (tertiary/aromatic N) is 2. The van der Waals surface area contributed by atoms with E-state index in [1.807, 2.05) is 24.3 Å². The van der Waals surface area contributed by atoms with Gasteiger partial charge in [-0.2, -0.15) is 0 Å². The van der Waals surface area contributed by atoms with Crippen LogP contribution in [0, 0.1) is 0 Å². The number of furan rings is 1. The van der Waals surface area contributed by atoms with Gasteiger partial charge in [-0.05, 0) is 60.0 Å². The lowest BCUT2D eigenvalue weighted by Crippen LogP contribution is -2.31. The van der Waals surface area contributed by atoms with E-state index in [1.54, 1.807) is 49.4 Å². The van der Waals surface area contributed by atoms with Crippen LogP contribution >= 0.6 is 0 Å². The maximum Gasteiger partial charge on any atom is 0.264 e. The molecular formula is C24H22N2O5S. The topological polar surface area (TPSA) is 80.1 Å². The first kappa shape index (κ1) is 20.4. The molecule has 2 heterocycles. The fourth-order valence-electron chi connectivity index (χ4n) is 4.45. The van der Waals surface area contributed by atoms with Crippen molar-refractivity contribution in [3.8, 4) is 5.75 Å². The van der Waals surface area contributed by atoms with Crippen molar-refractivity contribution in [1.82, 2.24) is 4.90 Å². The Bertz CT molecular complexity index is 1310. The average molecular weight is 451 g/mol. The summed E-state index contributed by atoms with van der Waals surface area (Å²) in [5.41, 5.74) is 3.96. The summed E-state index contributed by atoms with van der Waals surface area (Å²) in [6, 6.07) is 13.7. The van der Waals surface area contributed by atoms with Gasteiger partial charge in [0, 0.05) is 25.2 Å². The standard InChI is InChI=1S/C24H22N2O5S/c1-25(24(27)17-10-11-31-15-17)19-12-16-4-3-5-22-23(16)18(13-19)14-26(22)32(28,29)21-8-6-20(30-2)7-9-21/h3-12,15,18H,13-14H2,1-2H3. The molecule has 164 valence electrons. The maximum absolute atomic E-state index is 13.5. The van der Waals surface area contributed by atoms with Crippen molar-refractivity contribution in [3.63, 3.8) is 0 Å². The fraction of sp³-hybridized carbons (Fsp3) is 0.208. The van der Waals surface area contributed by atoms with Crippen LogP contribution in [0.15, 0.2) is 76.1 Å². The number of hydrogen-bond donors (Lipinski definition) is 0. The minimum Gasteiger partial charge on any atom is -0.497 e. The Hall–Kier alpha value is -3.52. The molecule has 1 aromatic heterocycles. The molecule has 0 N–H and O–H groups in total. The van der Waals surface area contributed by atoms with Crippen LogP contribution in [0.4, 0.5) is 5.69 Å². The van der Waals surface area contributed by atoms with Gasteiger partial charge in [0.2, 0.25) is 0 Å². The van der Waals surface area contributed by atoms with Gasteiger partial charge in [-0.1, -0.05) is 12.1 Å². The summed E-state index contributed by atoms with van der Waals surface area (Å²) >= 11 is 0. The molecule has 5 rings (SSSR count). The molecule has 0 bridgehead atoms.